The number of nitrogens with zero attached hydrogens (tertiary/aromatic N) is 1. The number of amides is 1. The number of nitrogens with two attached hydrogens (primary N) is 1. The molecule has 4 nitrogen and oxygen atoms in total. The van der Waals surface area contributed by atoms with Gasteiger partial charge < -0.3 is 15.7 Å². The smallest absolute Gasteiger partial charge is 0.265 e. The summed E-state index contributed by atoms with van der Waals surface area (Å²) in [5.74, 6) is 5.80. The standard InChI is InChI=1S/C15H20N2O2S/c16-8-3-4-12-7-11-20-14(12)15(19)17-9-2-1-5-13(17)6-10-18/h7,11,13,18H,1-2,5-6,8-10,16H2. The molecule has 0 aliphatic carbocycles. The number of aliphatic hydroxyl groups excluding tert-OH is 1. The van der Waals surface area contributed by atoms with Crippen molar-refractivity contribution in [1.82, 2.24) is 4.90 Å². The van der Waals surface area contributed by atoms with Crippen molar-refractivity contribution in [3.05, 3.63) is 21.9 Å². The third kappa shape index (κ3) is 3.40. The van der Waals surface area contributed by atoms with E-state index < -0.39 is 0 Å². The van der Waals surface area contributed by atoms with E-state index in [0.717, 1.165) is 31.4 Å². The highest BCUT2D eigenvalue weighted by molar-refractivity contribution is 7.12. The van der Waals surface area contributed by atoms with Crippen LogP contribution in [0.15, 0.2) is 11.4 Å². The maximum absolute atomic E-state index is 12.7. The highest BCUT2D eigenvalue weighted by Crippen LogP contribution is 2.25. The molecule has 2 heterocycles. The lowest BCUT2D eigenvalue weighted by atomic mass is 9.99. The molecule has 108 valence electrons. The lowest BCUT2D eigenvalue weighted by Crippen LogP contribution is -2.44. The van der Waals surface area contributed by atoms with Crippen molar-refractivity contribution < 1.29 is 9.90 Å². The lowest BCUT2D eigenvalue weighted by Gasteiger charge is -2.35. The van der Waals surface area contributed by atoms with Crippen LogP contribution in [0.25, 0.3) is 0 Å². The Labute approximate surface area is 123 Å². The number of carbonyl (C=O) groups excluding carboxylic acids is 1. The van der Waals surface area contributed by atoms with Crippen LogP contribution in [0.1, 0.15) is 40.9 Å². The van der Waals surface area contributed by atoms with Crippen molar-refractivity contribution in [3.63, 3.8) is 0 Å². The summed E-state index contributed by atoms with van der Waals surface area (Å²) in [5, 5.41) is 11.0. The molecule has 0 bridgehead atoms. The highest BCUT2D eigenvalue weighted by atomic mass is 32.1. The monoisotopic (exact) mass is 292 g/mol. The van der Waals surface area contributed by atoms with Gasteiger partial charge in [-0.3, -0.25) is 4.79 Å². The molecule has 1 aliphatic heterocycles. The molecular weight excluding hydrogens is 272 g/mol. The Morgan fingerprint density at radius 2 is 2.40 bits per heavy atom. The second-order valence-electron chi connectivity index (χ2n) is 4.83. The average molecular weight is 292 g/mol. The van der Waals surface area contributed by atoms with Crippen LogP contribution in [0, 0.1) is 11.8 Å². The summed E-state index contributed by atoms with van der Waals surface area (Å²) in [6.45, 7) is 1.18. The fourth-order valence-electron chi connectivity index (χ4n) is 2.57. The SMILES string of the molecule is NCC#Cc1ccsc1C(=O)N1CCCCC1CCO. The summed E-state index contributed by atoms with van der Waals surface area (Å²) < 4.78 is 0. The minimum absolute atomic E-state index is 0.0412. The number of rotatable bonds is 3. The third-order valence-corrected chi connectivity index (χ3v) is 4.44. The van der Waals surface area contributed by atoms with Crippen LogP contribution in [0.5, 0.6) is 0 Å². The first kappa shape index (κ1) is 15.0. The van der Waals surface area contributed by atoms with Gasteiger partial charge in [-0.15, -0.1) is 11.3 Å². The van der Waals surface area contributed by atoms with Gasteiger partial charge in [-0.1, -0.05) is 11.8 Å². The van der Waals surface area contributed by atoms with E-state index in [2.05, 4.69) is 11.8 Å². The molecule has 1 saturated heterocycles. The molecule has 1 amide bonds. The second-order valence-corrected chi connectivity index (χ2v) is 5.75. The number of piperidine rings is 1. The van der Waals surface area contributed by atoms with Crippen LogP contribution >= 0.6 is 11.3 Å². The van der Waals surface area contributed by atoms with Gasteiger partial charge >= 0.3 is 0 Å². The molecule has 3 N–H and O–H groups in total. The number of thiophene rings is 1. The molecule has 1 aliphatic rings. The van der Waals surface area contributed by atoms with E-state index in [0.29, 0.717) is 17.8 Å². The quantitative estimate of drug-likeness (QED) is 0.828. The molecule has 2 rings (SSSR count). The van der Waals surface area contributed by atoms with Gasteiger partial charge in [-0.25, -0.2) is 0 Å². The van der Waals surface area contributed by atoms with Gasteiger partial charge in [-0.05, 0) is 37.1 Å². The van der Waals surface area contributed by atoms with Gasteiger partial charge in [0.05, 0.1) is 6.54 Å². The molecule has 1 atom stereocenters. The maximum Gasteiger partial charge on any atom is 0.265 e. The number of carbonyl (C=O) groups is 1. The molecular formula is C15H20N2O2S. The van der Waals surface area contributed by atoms with Crippen molar-refractivity contribution >= 4 is 17.2 Å². The van der Waals surface area contributed by atoms with Crippen LogP contribution in [-0.4, -0.2) is 41.7 Å². The van der Waals surface area contributed by atoms with Crippen molar-refractivity contribution in [1.29, 1.82) is 0 Å². The van der Waals surface area contributed by atoms with E-state index in [1.165, 1.54) is 11.3 Å². The Hall–Kier alpha value is -1.35. The van der Waals surface area contributed by atoms with Crippen molar-refractivity contribution in [2.75, 3.05) is 19.7 Å². The summed E-state index contributed by atoms with van der Waals surface area (Å²) in [5.41, 5.74) is 6.15. The largest absolute Gasteiger partial charge is 0.396 e. The van der Waals surface area contributed by atoms with Gasteiger partial charge in [0, 0.05) is 24.8 Å². The summed E-state index contributed by atoms with van der Waals surface area (Å²) in [6, 6.07) is 2.02. The van der Waals surface area contributed by atoms with Crippen LogP contribution in [0.2, 0.25) is 0 Å². The molecule has 1 unspecified atom stereocenters. The Bertz CT molecular complexity index is 513. The Kier molecular flexibility index (Phi) is 5.60. The molecule has 20 heavy (non-hydrogen) atoms. The lowest BCUT2D eigenvalue weighted by molar-refractivity contribution is 0.0579. The third-order valence-electron chi connectivity index (χ3n) is 3.53. The van der Waals surface area contributed by atoms with E-state index in [1.807, 2.05) is 16.3 Å². The van der Waals surface area contributed by atoms with Crippen molar-refractivity contribution in [2.24, 2.45) is 5.73 Å². The van der Waals surface area contributed by atoms with E-state index in [4.69, 9.17) is 10.8 Å². The van der Waals surface area contributed by atoms with Crippen molar-refractivity contribution in [2.45, 2.75) is 31.7 Å². The van der Waals surface area contributed by atoms with Crippen LogP contribution in [0.4, 0.5) is 0 Å². The average Bonchev–Trinajstić information content (AvgIpc) is 2.93. The number of likely N-dealkylation sites (tertiary alicyclic amines) is 1. The molecule has 0 saturated carbocycles. The predicted molar refractivity (Wildman–Crippen MR) is 80.6 cm³/mol. The first-order valence-electron chi connectivity index (χ1n) is 6.96. The van der Waals surface area contributed by atoms with E-state index in [1.54, 1.807) is 0 Å². The molecule has 1 fully saturated rings. The zero-order chi connectivity index (χ0) is 14.4. The Balaban J connectivity index is 2.19. The number of hydrogen-bond donors (Lipinski definition) is 2. The first-order chi connectivity index (χ1) is 9.77. The summed E-state index contributed by atoms with van der Waals surface area (Å²) in [7, 11) is 0. The minimum atomic E-state index is 0.0412. The van der Waals surface area contributed by atoms with Gasteiger partial charge in [0.1, 0.15) is 4.88 Å². The summed E-state index contributed by atoms with van der Waals surface area (Å²) in [4.78, 5) is 15.3. The van der Waals surface area contributed by atoms with Crippen LogP contribution < -0.4 is 5.73 Å². The van der Waals surface area contributed by atoms with Gasteiger partial charge in [0.25, 0.3) is 5.91 Å². The van der Waals surface area contributed by atoms with Crippen LogP contribution in [-0.2, 0) is 0 Å². The van der Waals surface area contributed by atoms with E-state index in [9.17, 15) is 4.79 Å². The molecule has 1 aromatic rings. The minimum Gasteiger partial charge on any atom is -0.396 e. The maximum atomic E-state index is 12.7. The zero-order valence-corrected chi connectivity index (χ0v) is 12.3. The number of hydrogen-bond acceptors (Lipinski definition) is 4. The molecule has 0 radical (unpaired) electrons. The second kappa shape index (κ2) is 7.44. The first-order valence-corrected chi connectivity index (χ1v) is 7.84. The van der Waals surface area contributed by atoms with Gasteiger partial charge in [-0.2, -0.15) is 0 Å². The fraction of sp³-hybridized carbons (Fsp3) is 0.533. The normalized spacial score (nSPS) is 18.5. The molecule has 0 aromatic carbocycles. The number of aliphatic hydroxyl groups is 1. The van der Waals surface area contributed by atoms with E-state index >= 15 is 0 Å². The molecule has 5 heteroatoms. The molecule has 0 spiro atoms. The predicted octanol–water partition coefficient (Wildman–Crippen LogP) is 1.44. The molecule has 1 aromatic heterocycles. The topological polar surface area (TPSA) is 66.6 Å². The van der Waals surface area contributed by atoms with E-state index in [-0.39, 0.29) is 18.6 Å². The highest BCUT2D eigenvalue weighted by Gasteiger charge is 2.28. The Morgan fingerprint density at radius 1 is 1.55 bits per heavy atom. The summed E-state index contributed by atoms with van der Waals surface area (Å²) >= 11 is 1.42. The van der Waals surface area contributed by atoms with Crippen LogP contribution in [0.3, 0.4) is 0 Å². The fourth-order valence-corrected chi connectivity index (χ4v) is 3.37. The van der Waals surface area contributed by atoms with Gasteiger partial charge in [0.15, 0.2) is 0 Å². The van der Waals surface area contributed by atoms with Gasteiger partial charge in [0.2, 0.25) is 0 Å². The zero-order valence-electron chi connectivity index (χ0n) is 11.5. The Morgan fingerprint density at radius 3 is 3.15 bits per heavy atom. The van der Waals surface area contributed by atoms with Crippen molar-refractivity contribution in [3.8, 4) is 11.8 Å². The summed E-state index contributed by atoms with van der Waals surface area (Å²) in [6.07, 6.45) is 3.78.